The molecule has 0 aliphatic rings. The topological polar surface area (TPSA) is 73.2 Å². The highest BCUT2D eigenvalue weighted by Crippen LogP contribution is 2.27. The first-order chi connectivity index (χ1) is 16.5. The molecule has 0 spiro atoms. The maximum Gasteiger partial charge on any atom is 0.266 e. The molecule has 4 rings (SSSR count). The van der Waals surface area contributed by atoms with E-state index >= 15 is 0 Å². The number of amides is 1. The summed E-state index contributed by atoms with van der Waals surface area (Å²) in [6.07, 6.45) is 0.840. The van der Waals surface area contributed by atoms with Crippen molar-refractivity contribution in [1.82, 2.24) is 14.9 Å². The number of rotatable bonds is 8. The molecule has 1 heterocycles. The summed E-state index contributed by atoms with van der Waals surface area (Å²) in [4.78, 5) is 30.9. The van der Waals surface area contributed by atoms with Crippen molar-refractivity contribution in [3.05, 3.63) is 93.2 Å². The van der Waals surface area contributed by atoms with Gasteiger partial charge in [0.25, 0.3) is 11.5 Å². The first-order valence-electron chi connectivity index (χ1n) is 10.9. The van der Waals surface area contributed by atoms with Crippen molar-refractivity contribution in [2.24, 2.45) is 0 Å². The Kier molecular flexibility index (Phi) is 7.55. The van der Waals surface area contributed by atoms with Crippen LogP contribution in [-0.2, 0) is 5.75 Å². The van der Waals surface area contributed by atoms with Gasteiger partial charge in [-0.05, 0) is 54.4 Å². The normalized spacial score (nSPS) is 10.9. The number of aromatic nitrogens is 2. The number of hydrogen-bond donors (Lipinski definition) is 1. The van der Waals surface area contributed by atoms with Crippen LogP contribution in [0.4, 0.5) is 0 Å². The molecular formula is C26H24ClN3O3S. The van der Waals surface area contributed by atoms with Crippen LogP contribution in [0.3, 0.4) is 0 Å². The average molecular weight is 494 g/mol. The highest BCUT2D eigenvalue weighted by atomic mass is 35.5. The summed E-state index contributed by atoms with van der Waals surface area (Å²) < 4.78 is 6.94. The molecule has 8 heteroatoms. The Morgan fingerprint density at radius 3 is 2.71 bits per heavy atom. The molecule has 4 aromatic rings. The summed E-state index contributed by atoms with van der Waals surface area (Å²) in [5, 5.41) is 4.46. The Morgan fingerprint density at radius 1 is 1.12 bits per heavy atom. The number of halogens is 1. The molecule has 0 atom stereocenters. The number of thioether (sulfide) groups is 1. The van der Waals surface area contributed by atoms with Gasteiger partial charge in [0.05, 0.1) is 23.7 Å². The van der Waals surface area contributed by atoms with Crippen LogP contribution >= 0.6 is 23.4 Å². The summed E-state index contributed by atoms with van der Waals surface area (Å²) in [7, 11) is 1.58. The van der Waals surface area contributed by atoms with Crippen LogP contribution in [0, 0.1) is 0 Å². The van der Waals surface area contributed by atoms with Crippen LogP contribution in [0.2, 0.25) is 5.02 Å². The van der Waals surface area contributed by atoms with E-state index in [9.17, 15) is 9.59 Å². The lowest BCUT2D eigenvalue weighted by molar-refractivity contribution is 0.0954. The highest BCUT2D eigenvalue weighted by Gasteiger charge is 2.16. The van der Waals surface area contributed by atoms with E-state index in [1.54, 1.807) is 35.9 Å². The molecule has 1 amide bonds. The fourth-order valence-electron chi connectivity index (χ4n) is 3.50. The van der Waals surface area contributed by atoms with Crippen LogP contribution in [0.5, 0.6) is 5.75 Å². The molecule has 34 heavy (non-hydrogen) atoms. The Morgan fingerprint density at radius 2 is 1.94 bits per heavy atom. The first kappa shape index (κ1) is 23.9. The Bertz CT molecular complexity index is 1400. The molecule has 0 aliphatic heterocycles. The molecule has 0 fully saturated rings. The van der Waals surface area contributed by atoms with Crippen molar-refractivity contribution < 1.29 is 9.53 Å². The number of methoxy groups -OCH3 is 1. The number of carbonyl (C=O) groups is 1. The highest BCUT2D eigenvalue weighted by molar-refractivity contribution is 7.98. The number of nitrogens with zero attached hydrogens (tertiary/aromatic N) is 2. The van der Waals surface area contributed by atoms with Crippen molar-refractivity contribution in [3.63, 3.8) is 0 Å². The van der Waals surface area contributed by atoms with Crippen LogP contribution < -0.4 is 15.6 Å². The van der Waals surface area contributed by atoms with Gasteiger partial charge in [-0.2, -0.15) is 0 Å². The molecular weight excluding hydrogens is 470 g/mol. The van der Waals surface area contributed by atoms with Gasteiger partial charge in [-0.3, -0.25) is 14.2 Å². The van der Waals surface area contributed by atoms with E-state index in [1.807, 2.05) is 49.4 Å². The second-order valence-corrected chi connectivity index (χ2v) is 9.02. The van der Waals surface area contributed by atoms with Crippen LogP contribution in [0.1, 0.15) is 29.3 Å². The van der Waals surface area contributed by atoms with Crippen LogP contribution in [0.15, 0.2) is 76.7 Å². The maximum atomic E-state index is 13.6. The number of hydrogen-bond acceptors (Lipinski definition) is 5. The molecule has 3 aromatic carbocycles. The monoisotopic (exact) mass is 493 g/mol. The van der Waals surface area contributed by atoms with E-state index in [1.165, 1.54) is 11.8 Å². The Hall–Kier alpha value is -3.29. The molecule has 0 saturated carbocycles. The zero-order valence-corrected chi connectivity index (χ0v) is 20.4. The van der Waals surface area contributed by atoms with Gasteiger partial charge in [0, 0.05) is 29.0 Å². The van der Waals surface area contributed by atoms with Crippen molar-refractivity contribution in [3.8, 4) is 11.4 Å². The van der Waals surface area contributed by atoms with E-state index in [4.69, 9.17) is 21.3 Å². The Labute approximate surface area is 206 Å². The fraction of sp³-hybridized carbons (Fsp3) is 0.192. The predicted molar refractivity (Wildman–Crippen MR) is 138 cm³/mol. The van der Waals surface area contributed by atoms with Gasteiger partial charge in [0.2, 0.25) is 0 Å². The standard InChI is InChI=1S/C26H24ClN3O3S/c1-3-12-28-24(31)18-10-11-22-23(14-18)29-26(34-16-17-6-4-7-19(27)13-17)30(25(22)32)20-8-5-9-21(15-20)33-2/h4-11,13-15H,3,12,16H2,1-2H3,(H,28,31). The maximum absolute atomic E-state index is 13.6. The molecule has 0 radical (unpaired) electrons. The first-order valence-corrected chi connectivity index (χ1v) is 12.2. The van der Waals surface area contributed by atoms with E-state index < -0.39 is 0 Å². The van der Waals surface area contributed by atoms with E-state index in [2.05, 4.69) is 5.32 Å². The molecule has 174 valence electrons. The lowest BCUT2D eigenvalue weighted by atomic mass is 10.1. The summed E-state index contributed by atoms with van der Waals surface area (Å²) in [6, 6.07) is 19.9. The number of ether oxygens (including phenoxy) is 1. The number of benzene rings is 3. The zero-order valence-electron chi connectivity index (χ0n) is 18.9. The van der Waals surface area contributed by atoms with Gasteiger partial charge in [0.15, 0.2) is 5.16 Å². The minimum absolute atomic E-state index is 0.185. The molecule has 0 bridgehead atoms. The van der Waals surface area contributed by atoms with Gasteiger partial charge < -0.3 is 10.1 Å². The minimum atomic E-state index is -0.215. The smallest absolute Gasteiger partial charge is 0.266 e. The fourth-order valence-corrected chi connectivity index (χ4v) is 4.66. The summed E-state index contributed by atoms with van der Waals surface area (Å²) in [5.74, 6) is 1.02. The third-order valence-corrected chi connectivity index (χ3v) is 6.45. The molecule has 1 aromatic heterocycles. The predicted octanol–water partition coefficient (Wildman–Crippen LogP) is 5.48. The van der Waals surface area contributed by atoms with Gasteiger partial charge in [-0.1, -0.05) is 48.5 Å². The molecule has 1 N–H and O–H groups in total. The van der Waals surface area contributed by atoms with E-state index in [0.29, 0.717) is 50.4 Å². The van der Waals surface area contributed by atoms with Crippen molar-refractivity contribution in [2.75, 3.05) is 13.7 Å². The third-order valence-electron chi connectivity index (χ3n) is 5.20. The quantitative estimate of drug-likeness (QED) is 0.260. The molecule has 0 saturated heterocycles. The summed E-state index contributed by atoms with van der Waals surface area (Å²) >= 11 is 7.57. The molecule has 0 aliphatic carbocycles. The lowest BCUT2D eigenvalue weighted by Crippen LogP contribution is -2.25. The average Bonchev–Trinajstić information content (AvgIpc) is 2.85. The van der Waals surface area contributed by atoms with E-state index in [-0.39, 0.29) is 11.5 Å². The lowest BCUT2D eigenvalue weighted by Gasteiger charge is -2.14. The van der Waals surface area contributed by atoms with Crippen LogP contribution in [-0.4, -0.2) is 29.1 Å². The van der Waals surface area contributed by atoms with Gasteiger partial charge >= 0.3 is 0 Å². The SMILES string of the molecule is CCCNC(=O)c1ccc2c(=O)n(-c3cccc(OC)c3)c(SCc3cccc(Cl)c3)nc2c1. The second kappa shape index (κ2) is 10.8. The van der Waals surface area contributed by atoms with Crippen molar-refractivity contribution >= 4 is 40.2 Å². The second-order valence-electron chi connectivity index (χ2n) is 7.64. The largest absolute Gasteiger partial charge is 0.497 e. The van der Waals surface area contributed by atoms with Gasteiger partial charge in [0.1, 0.15) is 5.75 Å². The van der Waals surface area contributed by atoms with Gasteiger partial charge in [-0.25, -0.2) is 4.98 Å². The zero-order chi connectivity index (χ0) is 24.1. The number of nitrogens with one attached hydrogen (secondary N) is 1. The number of fused-ring (bicyclic) bond motifs is 1. The summed E-state index contributed by atoms with van der Waals surface area (Å²) in [6.45, 7) is 2.58. The number of carbonyl (C=O) groups excluding carboxylic acids is 1. The summed E-state index contributed by atoms with van der Waals surface area (Å²) in [5.41, 5.74) is 2.39. The molecule has 0 unspecified atom stereocenters. The van der Waals surface area contributed by atoms with Crippen LogP contribution in [0.25, 0.3) is 16.6 Å². The Balaban J connectivity index is 1.83. The van der Waals surface area contributed by atoms with Gasteiger partial charge in [-0.15, -0.1) is 0 Å². The third kappa shape index (κ3) is 5.26. The van der Waals surface area contributed by atoms with Crippen molar-refractivity contribution in [1.29, 1.82) is 0 Å². The van der Waals surface area contributed by atoms with E-state index in [0.717, 1.165) is 12.0 Å². The van der Waals surface area contributed by atoms with Crippen molar-refractivity contribution in [2.45, 2.75) is 24.3 Å². The minimum Gasteiger partial charge on any atom is -0.497 e. The molecule has 6 nitrogen and oxygen atoms in total.